The highest BCUT2D eigenvalue weighted by molar-refractivity contribution is 6.33. The molecule has 1 heterocycles. The highest BCUT2D eigenvalue weighted by Gasteiger charge is 2.31. The minimum Gasteiger partial charge on any atom is -0.359 e. The van der Waals surface area contributed by atoms with Gasteiger partial charge in [-0.15, -0.1) is 0 Å². The van der Waals surface area contributed by atoms with Crippen molar-refractivity contribution >= 4 is 34.8 Å². The first-order valence-electron chi connectivity index (χ1n) is 8.04. The number of carbonyl (C=O) groups excluding carboxylic acids is 2. The number of nitrogens with one attached hydrogen (secondary N) is 2. The van der Waals surface area contributed by atoms with Crippen LogP contribution in [0.3, 0.4) is 0 Å². The monoisotopic (exact) mass is 397 g/mol. The molecule has 0 bridgehead atoms. The van der Waals surface area contributed by atoms with Crippen molar-refractivity contribution in [3.05, 3.63) is 58.6 Å². The number of anilines is 2. The number of halogens is 4. The summed E-state index contributed by atoms with van der Waals surface area (Å²) in [4.78, 5) is 25.5. The van der Waals surface area contributed by atoms with Gasteiger partial charge in [-0.3, -0.25) is 9.59 Å². The van der Waals surface area contributed by atoms with Crippen LogP contribution in [0.1, 0.15) is 15.9 Å². The maximum atomic E-state index is 12.8. The number of piperazine rings is 1. The lowest BCUT2D eigenvalue weighted by atomic mass is 10.1. The molecule has 2 aromatic carbocycles. The molecule has 0 spiro atoms. The van der Waals surface area contributed by atoms with Crippen molar-refractivity contribution in [2.75, 3.05) is 29.9 Å². The summed E-state index contributed by atoms with van der Waals surface area (Å²) in [7, 11) is 0. The van der Waals surface area contributed by atoms with E-state index < -0.39 is 17.6 Å². The number of amides is 2. The molecule has 9 heteroatoms. The van der Waals surface area contributed by atoms with Crippen molar-refractivity contribution in [3.8, 4) is 0 Å². The van der Waals surface area contributed by atoms with E-state index >= 15 is 0 Å². The molecule has 5 nitrogen and oxygen atoms in total. The number of rotatable bonds is 3. The topological polar surface area (TPSA) is 61.4 Å². The summed E-state index contributed by atoms with van der Waals surface area (Å²) in [6.07, 6.45) is -4.53. The Kier molecular flexibility index (Phi) is 5.27. The summed E-state index contributed by atoms with van der Waals surface area (Å²) in [5.74, 6) is -0.790. The Bertz CT molecular complexity index is 886. The van der Waals surface area contributed by atoms with Crippen molar-refractivity contribution in [1.82, 2.24) is 5.32 Å². The van der Waals surface area contributed by atoms with Gasteiger partial charge in [0.25, 0.3) is 5.91 Å². The molecule has 2 N–H and O–H groups in total. The highest BCUT2D eigenvalue weighted by Crippen LogP contribution is 2.31. The summed E-state index contributed by atoms with van der Waals surface area (Å²) in [6, 6.07) is 8.90. The van der Waals surface area contributed by atoms with Gasteiger partial charge < -0.3 is 15.5 Å². The third-order valence-corrected chi connectivity index (χ3v) is 4.34. The van der Waals surface area contributed by atoms with Crippen molar-refractivity contribution in [2.24, 2.45) is 0 Å². The third-order valence-electron chi connectivity index (χ3n) is 4.04. The molecular weight excluding hydrogens is 383 g/mol. The Balaban J connectivity index is 1.75. The standard InChI is InChI=1S/C18H15ClF3N3O2/c19-14-9-13(4-5-15(14)25-7-6-23-16(26)10-25)24-17(27)11-2-1-3-12(8-11)18(20,21)22/h1-5,8-9H,6-7,10H2,(H,23,26)(H,24,27). The lowest BCUT2D eigenvalue weighted by Gasteiger charge is -2.29. The summed E-state index contributed by atoms with van der Waals surface area (Å²) >= 11 is 6.25. The minimum absolute atomic E-state index is 0.112. The predicted molar refractivity (Wildman–Crippen MR) is 96.1 cm³/mol. The molecule has 0 saturated carbocycles. The second-order valence-electron chi connectivity index (χ2n) is 5.97. The zero-order valence-corrected chi connectivity index (χ0v) is 14.7. The van der Waals surface area contributed by atoms with Gasteiger partial charge in [0.1, 0.15) is 0 Å². The summed E-state index contributed by atoms with van der Waals surface area (Å²) < 4.78 is 38.3. The van der Waals surface area contributed by atoms with E-state index in [0.29, 0.717) is 29.5 Å². The zero-order chi connectivity index (χ0) is 19.6. The number of hydrogen-bond acceptors (Lipinski definition) is 3. The summed E-state index contributed by atoms with van der Waals surface area (Å²) in [5, 5.41) is 5.56. The Morgan fingerprint density at radius 1 is 1.19 bits per heavy atom. The van der Waals surface area contributed by atoms with Crippen LogP contribution in [0.15, 0.2) is 42.5 Å². The van der Waals surface area contributed by atoms with E-state index in [9.17, 15) is 22.8 Å². The average molecular weight is 398 g/mol. The van der Waals surface area contributed by atoms with Crippen molar-refractivity contribution in [2.45, 2.75) is 6.18 Å². The quantitative estimate of drug-likeness (QED) is 0.832. The smallest absolute Gasteiger partial charge is 0.359 e. The Morgan fingerprint density at radius 3 is 2.63 bits per heavy atom. The largest absolute Gasteiger partial charge is 0.416 e. The summed E-state index contributed by atoms with van der Waals surface area (Å²) in [6.45, 7) is 1.28. The molecule has 2 amide bonds. The van der Waals surface area contributed by atoms with E-state index in [1.54, 1.807) is 17.0 Å². The van der Waals surface area contributed by atoms with E-state index in [2.05, 4.69) is 10.6 Å². The predicted octanol–water partition coefficient (Wildman–Crippen LogP) is 3.55. The van der Waals surface area contributed by atoms with E-state index in [0.717, 1.165) is 12.1 Å². The van der Waals surface area contributed by atoms with Gasteiger partial charge in [-0.05, 0) is 36.4 Å². The van der Waals surface area contributed by atoms with Crippen LogP contribution in [0, 0.1) is 0 Å². The van der Waals surface area contributed by atoms with Crippen LogP contribution in [0.2, 0.25) is 5.02 Å². The van der Waals surface area contributed by atoms with Gasteiger partial charge in [0, 0.05) is 24.3 Å². The van der Waals surface area contributed by atoms with Gasteiger partial charge in [-0.1, -0.05) is 17.7 Å². The first-order chi connectivity index (χ1) is 12.7. The van der Waals surface area contributed by atoms with Gasteiger partial charge in [0.15, 0.2) is 0 Å². The van der Waals surface area contributed by atoms with Crippen LogP contribution in [0.4, 0.5) is 24.5 Å². The maximum absolute atomic E-state index is 12.8. The molecule has 0 aromatic heterocycles. The minimum atomic E-state index is -4.53. The molecule has 142 valence electrons. The molecule has 3 rings (SSSR count). The van der Waals surface area contributed by atoms with E-state index in [4.69, 9.17) is 11.6 Å². The second-order valence-corrected chi connectivity index (χ2v) is 6.38. The number of nitrogens with zero attached hydrogens (tertiary/aromatic N) is 1. The van der Waals surface area contributed by atoms with Gasteiger partial charge in [-0.2, -0.15) is 13.2 Å². The Hall–Kier alpha value is -2.74. The summed E-state index contributed by atoms with van der Waals surface area (Å²) in [5.41, 5.74) is -0.0270. The highest BCUT2D eigenvalue weighted by atomic mass is 35.5. The maximum Gasteiger partial charge on any atom is 0.416 e. The molecule has 0 unspecified atom stereocenters. The molecule has 1 aliphatic heterocycles. The molecule has 0 atom stereocenters. The molecule has 27 heavy (non-hydrogen) atoms. The second kappa shape index (κ2) is 7.48. The molecule has 2 aromatic rings. The van der Waals surface area contributed by atoms with Crippen molar-refractivity contribution in [3.63, 3.8) is 0 Å². The lowest BCUT2D eigenvalue weighted by molar-refractivity contribution is -0.137. The van der Waals surface area contributed by atoms with Crippen molar-refractivity contribution < 1.29 is 22.8 Å². The number of alkyl halides is 3. The van der Waals surface area contributed by atoms with Gasteiger partial charge in [0.2, 0.25) is 5.91 Å². The molecule has 1 aliphatic rings. The van der Waals surface area contributed by atoms with Crippen LogP contribution in [-0.4, -0.2) is 31.4 Å². The van der Waals surface area contributed by atoms with Crippen LogP contribution in [0.25, 0.3) is 0 Å². The van der Waals surface area contributed by atoms with Crippen LogP contribution in [-0.2, 0) is 11.0 Å². The first kappa shape index (κ1) is 19.0. The Labute approximate surface area is 158 Å². The molecule has 1 saturated heterocycles. The zero-order valence-electron chi connectivity index (χ0n) is 13.9. The molecule has 1 fully saturated rings. The lowest BCUT2D eigenvalue weighted by Crippen LogP contribution is -2.47. The van der Waals surface area contributed by atoms with Gasteiger partial charge in [-0.25, -0.2) is 0 Å². The fourth-order valence-corrected chi connectivity index (χ4v) is 3.03. The normalized spacial score (nSPS) is 14.7. The first-order valence-corrected chi connectivity index (χ1v) is 8.41. The molecule has 0 radical (unpaired) electrons. The van der Waals surface area contributed by atoms with Crippen LogP contribution in [0.5, 0.6) is 0 Å². The number of carbonyl (C=O) groups is 2. The van der Waals surface area contributed by atoms with Gasteiger partial charge in [0.05, 0.1) is 22.8 Å². The number of benzene rings is 2. The average Bonchev–Trinajstić information content (AvgIpc) is 2.61. The molecule has 0 aliphatic carbocycles. The van der Waals surface area contributed by atoms with Crippen LogP contribution < -0.4 is 15.5 Å². The van der Waals surface area contributed by atoms with Gasteiger partial charge >= 0.3 is 6.18 Å². The van der Waals surface area contributed by atoms with E-state index in [1.165, 1.54) is 18.2 Å². The fourth-order valence-electron chi connectivity index (χ4n) is 2.73. The number of hydrogen-bond donors (Lipinski definition) is 2. The van der Waals surface area contributed by atoms with E-state index in [-0.39, 0.29) is 18.0 Å². The fraction of sp³-hybridized carbons (Fsp3) is 0.222. The SMILES string of the molecule is O=C1CN(c2ccc(NC(=O)c3cccc(C(F)(F)F)c3)cc2Cl)CCN1. The van der Waals surface area contributed by atoms with Crippen LogP contribution >= 0.6 is 11.6 Å². The third kappa shape index (κ3) is 4.51. The molecular formula is C18H15ClF3N3O2. The Morgan fingerprint density at radius 2 is 1.96 bits per heavy atom. The van der Waals surface area contributed by atoms with E-state index in [1.807, 2.05) is 0 Å². The van der Waals surface area contributed by atoms with Crippen molar-refractivity contribution in [1.29, 1.82) is 0 Å².